The van der Waals surface area contributed by atoms with Gasteiger partial charge in [0.2, 0.25) is 0 Å². The number of carbonyl (C=O) groups is 2. The summed E-state index contributed by atoms with van der Waals surface area (Å²) in [5, 5.41) is 3.19. The predicted octanol–water partition coefficient (Wildman–Crippen LogP) is 4.16. The Balaban J connectivity index is 1.76. The topological polar surface area (TPSA) is 71.1 Å². The number of rotatable bonds is 8. The number of nitrogens with one attached hydrogen (secondary N) is 1. The third-order valence-electron chi connectivity index (χ3n) is 5.72. The summed E-state index contributed by atoms with van der Waals surface area (Å²) >= 11 is 0. The van der Waals surface area contributed by atoms with Crippen molar-refractivity contribution in [3.8, 4) is 11.5 Å². The maximum Gasteiger partial charge on any atom is 0.278 e. The minimum absolute atomic E-state index is 0.0884. The summed E-state index contributed by atoms with van der Waals surface area (Å²) < 4.78 is 10.9. The lowest BCUT2D eigenvalue weighted by molar-refractivity contribution is -0.137. The van der Waals surface area contributed by atoms with Crippen molar-refractivity contribution in [2.24, 2.45) is 0 Å². The van der Waals surface area contributed by atoms with Crippen molar-refractivity contribution < 1.29 is 19.1 Å². The van der Waals surface area contributed by atoms with Gasteiger partial charge in [-0.2, -0.15) is 0 Å². The highest BCUT2D eigenvalue weighted by atomic mass is 16.5. The summed E-state index contributed by atoms with van der Waals surface area (Å²) in [6.45, 7) is 0.0884. The van der Waals surface area contributed by atoms with Crippen molar-refractivity contribution in [2.75, 3.05) is 38.5 Å². The zero-order chi connectivity index (χ0) is 24.2. The molecule has 0 atom stereocenters. The molecule has 3 aromatic carbocycles. The van der Waals surface area contributed by atoms with E-state index in [0.717, 1.165) is 11.3 Å². The van der Waals surface area contributed by atoms with Crippen molar-refractivity contribution in [3.05, 3.63) is 89.6 Å². The van der Waals surface area contributed by atoms with Crippen molar-refractivity contribution >= 4 is 28.8 Å². The van der Waals surface area contributed by atoms with Gasteiger partial charge in [0, 0.05) is 36.6 Å². The molecule has 34 heavy (non-hydrogen) atoms. The molecule has 0 bridgehead atoms. The number of imide groups is 1. The van der Waals surface area contributed by atoms with Gasteiger partial charge in [-0.3, -0.25) is 14.5 Å². The van der Waals surface area contributed by atoms with E-state index in [1.54, 1.807) is 32.4 Å². The standard InChI is InChI=1S/C27H27N3O4/c1-29(2)20-15-13-19(14-16-20)28-25-24(21-10-6-8-12-23(21)34-4)26(31)30(27(25)32)17-18-9-5-7-11-22(18)33-3/h5-16,28H,17H2,1-4H3. The average molecular weight is 458 g/mol. The number of hydrogen-bond acceptors (Lipinski definition) is 6. The molecule has 1 N–H and O–H groups in total. The summed E-state index contributed by atoms with van der Waals surface area (Å²) in [6, 6.07) is 22.2. The van der Waals surface area contributed by atoms with Gasteiger partial charge in [-0.25, -0.2) is 0 Å². The number of benzene rings is 3. The normalized spacial score (nSPS) is 13.4. The molecule has 174 valence electrons. The first-order chi connectivity index (χ1) is 16.4. The molecular formula is C27H27N3O4. The Hall–Kier alpha value is -4.26. The Kier molecular flexibility index (Phi) is 6.54. The molecule has 0 spiro atoms. The molecular weight excluding hydrogens is 430 g/mol. The molecule has 0 aromatic heterocycles. The molecule has 1 aliphatic heterocycles. The molecule has 0 saturated carbocycles. The second-order valence-electron chi connectivity index (χ2n) is 8.02. The second-order valence-corrected chi connectivity index (χ2v) is 8.02. The van der Waals surface area contributed by atoms with Crippen LogP contribution in [0.15, 0.2) is 78.5 Å². The fraction of sp³-hybridized carbons (Fsp3) is 0.185. The number of para-hydroxylation sites is 2. The van der Waals surface area contributed by atoms with Crippen LogP contribution >= 0.6 is 0 Å². The SMILES string of the molecule is COc1ccccc1CN1C(=O)C(Nc2ccc(N(C)C)cc2)=C(c2ccccc2OC)C1=O. The van der Waals surface area contributed by atoms with Gasteiger partial charge in [0.15, 0.2) is 0 Å². The number of nitrogens with zero attached hydrogens (tertiary/aromatic N) is 2. The van der Waals surface area contributed by atoms with E-state index in [1.165, 1.54) is 4.90 Å². The number of methoxy groups -OCH3 is 2. The quantitative estimate of drug-likeness (QED) is 0.512. The minimum Gasteiger partial charge on any atom is -0.496 e. The van der Waals surface area contributed by atoms with Crippen LogP contribution in [0.5, 0.6) is 11.5 Å². The Morgan fingerprint density at radius 2 is 1.41 bits per heavy atom. The van der Waals surface area contributed by atoms with Gasteiger partial charge in [0.05, 0.1) is 26.3 Å². The summed E-state index contributed by atoms with van der Waals surface area (Å²) in [5.41, 5.74) is 3.50. The third kappa shape index (κ3) is 4.32. The highest BCUT2D eigenvalue weighted by molar-refractivity contribution is 6.37. The second kappa shape index (κ2) is 9.70. The van der Waals surface area contributed by atoms with Crippen molar-refractivity contribution in [1.29, 1.82) is 0 Å². The fourth-order valence-corrected chi connectivity index (χ4v) is 3.93. The van der Waals surface area contributed by atoms with Crippen LogP contribution in [0.1, 0.15) is 11.1 Å². The molecule has 0 aliphatic carbocycles. The minimum atomic E-state index is -0.409. The number of amides is 2. The summed E-state index contributed by atoms with van der Waals surface area (Å²) in [7, 11) is 7.02. The van der Waals surface area contributed by atoms with Crippen LogP contribution in [-0.2, 0) is 16.1 Å². The highest BCUT2D eigenvalue weighted by Crippen LogP contribution is 2.36. The zero-order valence-corrected chi connectivity index (χ0v) is 19.7. The van der Waals surface area contributed by atoms with Crippen LogP contribution in [0, 0.1) is 0 Å². The predicted molar refractivity (Wildman–Crippen MR) is 133 cm³/mol. The van der Waals surface area contributed by atoms with Gasteiger partial charge in [-0.15, -0.1) is 0 Å². The Morgan fingerprint density at radius 1 is 0.794 bits per heavy atom. The smallest absolute Gasteiger partial charge is 0.278 e. The van der Waals surface area contributed by atoms with E-state index < -0.39 is 11.8 Å². The molecule has 1 aliphatic rings. The largest absolute Gasteiger partial charge is 0.496 e. The van der Waals surface area contributed by atoms with E-state index in [1.807, 2.05) is 73.6 Å². The maximum absolute atomic E-state index is 13.6. The first-order valence-corrected chi connectivity index (χ1v) is 10.8. The lowest BCUT2D eigenvalue weighted by Crippen LogP contribution is -2.32. The molecule has 0 radical (unpaired) electrons. The van der Waals surface area contributed by atoms with Crippen LogP contribution < -0.4 is 19.7 Å². The molecule has 1 heterocycles. The number of anilines is 2. The molecule has 7 nitrogen and oxygen atoms in total. The molecule has 4 rings (SSSR count). The molecule has 0 fully saturated rings. The van der Waals surface area contributed by atoms with E-state index >= 15 is 0 Å². The third-order valence-corrected chi connectivity index (χ3v) is 5.72. The molecule has 0 unspecified atom stereocenters. The van der Waals surface area contributed by atoms with Crippen molar-refractivity contribution in [2.45, 2.75) is 6.54 Å². The first kappa shape index (κ1) is 22.9. The number of hydrogen-bond donors (Lipinski definition) is 1. The van der Waals surface area contributed by atoms with E-state index in [2.05, 4.69) is 5.32 Å². The Morgan fingerprint density at radius 3 is 2.06 bits per heavy atom. The summed E-state index contributed by atoms with van der Waals surface area (Å²) in [6.07, 6.45) is 0. The van der Waals surface area contributed by atoms with Crippen LogP contribution in [0.4, 0.5) is 11.4 Å². The van der Waals surface area contributed by atoms with Gasteiger partial charge >= 0.3 is 0 Å². The van der Waals surface area contributed by atoms with Crippen LogP contribution in [0.3, 0.4) is 0 Å². The van der Waals surface area contributed by atoms with Crippen molar-refractivity contribution in [3.63, 3.8) is 0 Å². The maximum atomic E-state index is 13.6. The van der Waals surface area contributed by atoms with Gasteiger partial charge in [-0.1, -0.05) is 36.4 Å². The first-order valence-electron chi connectivity index (χ1n) is 10.8. The molecule has 3 aromatic rings. The summed E-state index contributed by atoms with van der Waals surface area (Å²) in [5.74, 6) is 0.323. The van der Waals surface area contributed by atoms with Gasteiger partial charge in [-0.05, 0) is 36.4 Å². The summed E-state index contributed by atoms with van der Waals surface area (Å²) in [4.78, 5) is 30.4. The number of ether oxygens (including phenoxy) is 2. The lowest BCUT2D eigenvalue weighted by atomic mass is 10.0. The average Bonchev–Trinajstić information content (AvgIpc) is 3.08. The zero-order valence-electron chi connectivity index (χ0n) is 19.7. The van der Waals surface area contributed by atoms with E-state index in [9.17, 15) is 9.59 Å². The lowest BCUT2D eigenvalue weighted by Gasteiger charge is -2.17. The van der Waals surface area contributed by atoms with Crippen LogP contribution in [0.2, 0.25) is 0 Å². The molecule has 0 saturated heterocycles. The number of carbonyl (C=O) groups excluding carboxylic acids is 2. The molecule has 7 heteroatoms. The van der Waals surface area contributed by atoms with Gasteiger partial charge in [0.25, 0.3) is 11.8 Å². The van der Waals surface area contributed by atoms with Gasteiger partial charge < -0.3 is 19.7 Å². The van der Waals surface area contributed by atoms with Crippen molar-refractivity contribution in [1.82, 2.24) is 4.90 Å². The van der Waals surface area contributed by atoms with E-state index in [0.29, 0.717) is 22.7 Å². The van der Waals surface area contributed by atoms with Crippen LogP contribution in [0.25, 0.3) is 5.57 Å². The monoisotopic (exact) mass is 457 g/mol. The van der Waals surface area contributed by atoms with E-state index in [-0.39, 0.29) is 17.8 Å². The Labute approximate surface area is 199 Å². The fourth-order valence-electron chi connectivity index (χ4n) is 3.93. The highest BCUT2D eigenvalue weighted by Gasteiger charge is 2.40. The molecule has 2 amide bonds. The Bertz CT molecular complexity index is 1250. The van der Waals surface area contributed by atoms with Crippen LogP contribution in [-0.4, -0.2) is 45.0 Å². The van der Waals surface area contributed by atoms with E-state index in [4.69, 9.17) is 9.47 Å². The van der Waals surface area contributed by atoms with Gasteiger partial charge in [0.1, 0.15) is 17.2 Å².